The zero-order chi connectivity index (χ0) is 13.1. The van der Waals surface area contributed by atoms with E-state index in [0.717, 1.165) is 25.7 Å². The van der Waals surface area contributed by atoms with Crippen LogP contribution in [-0.2, 0) is 0 Å². The largest absolute Gasteiger partial charge is 0.489 e. The predicted octanol–water partition coefficient (Wildman–Crippen LogP) is 0.692. The molecule has 0 heterocycles. The van der Waals surface area contributed by atoms with Gasteiger partial charge in [0.1, 0.15) is 0 Å². The summed E-state index contributed by atoms with van der Waals surface area (Å²) in [5, 5.41) is 21.2. The van der Waals surface area contributed by atoms with Crippen molar-refractivity contribution in [2.24, 2.45) is 0 Å². The molecule has 2 rings (SSSR count). The molecule has 1 aromatic carbocycles. The van der Waals surface area contributed by atoms with Crippen LogP contribution in [0.5, 0.6) is 0 Å². The molecule has 1 saturated carbocycles. The van der Waals surface area contributed by atoms with Crippen molar-refractivity contribution in [1.82, 2.24) is 5.32 Å². The number of rotatable bonds is 3. The van der Waals surface area contributed by atoms with Gasteiger partial charge in [0.05, 0.1) is 0 Å². The van der Waals surface area contributed by atoms with Gasteiger partial charge in [-0.05, 0) is 25.0 Å². The summed E-state index contributed by atoms with van der Waals surface area (Å²) in [6, 6.07) is 4.71. The number of halogens is 1. The summed E-state index contributed by atoms with van der Waals surface area (Å²) in [4.78, 5) is 11.9. The summed E-state index contributed by atoms with van der Waals surface area (Å²) in [7, 11) is -1.62. The number of hydrogen-bond donors (Lipinski definition) is 3. The topological polar surface area (TPSA) is 69.6 Å². The van der Waals surface area contributed by atoms with Gasteiger partial charge in [0.15, 0.2) is 0 Å². The summed E-state index contributed by atoms with van der Waals surface area (Å²) < 4.78 is 0. The quantitative estimate of drug-likeness (QED) is 0.706. The summed E-state index contributed by atoms with van der Waals surface area (Å²) >= 11 is 5.89. The average molecular weight is 268 g/mol. The Kier molecular flexibility index (Phi) is 4.27. The highest BCUT2D eigenvalue weighted by Gasteiger charge is 2.20. The van der Waals surface area contributed by atoms with Crippen molar-refractivity contribution < 1.29 is 14.8 Å². The zero-order valence-electron chi connectivity index (χ0n) is 9.90. The fourth-order valence-electron chi connectivity index (χ4n) is 2.22. The summed E-state index contributed by atoms with van der Waals surface area (Å²) in [6.07, 6.45) is 4.35. The van der Waals surface area contributed by atoms with Gasteiger partial charge in [-0.1, -0.05) is 30.5 Å². The number of carbonyl (C=O) groups excluding carboxylic acids is 1. The van der Waals surface area contributed by atoms with E-state index in [4.69, 9.17) is 21.6 Å². The standard InChI is InChI=1S/C12H15BClNO3/c14-11-7-8(5-6-10(11)13(17)18)12(16)15-9-3-1-2-4-9/h5-7,9,17-18H,1-4H2,(H,15,16). The van der Waals surface area contributed by atoms with E-state index in [1.54, 1.807) is 6.07 Å². The van der Waals surface area contributed by atoms with Gasteiger partial charge in [-0.3, -0.25) is 4.79 Å². The highest BCUT2D eigenvalue weighted by atomic mass is 35.5. The first-order valence-electron chi connectivity index (χ1n) is 6.04. The van der Waals surface area contributed by atoms with Crippen LogP contribution in [0.1, 0.15) is 36.0 Å². The van der Waals surface area contributed by atoms with E-state index in [2.05, 4.69) is 5.32 Å². The first kappa shape index (κ1) is 13.4. The third kappa shape index (κ3) is 3.04. The minimum Gasteiger partial charge on any atom is -0.423 e. The highest BCUT2D eigenvalue weighted by molar-refractivity contribution is 6.62. The number of amides is 1. The lowest BCUT2D eigenvalue weighted by molar-refractivity contribution is 0.0938. The van der Waals surface area contributed by atoms with Gasteiger partial charge in [-0.25, -0.2) is 0 Å². The van der Waals surface area contributed by atoms with Crippen LogP contribution in [0.2, 0.25) is 5.02 Å². The molecule has 0 aromatic heterocycles. The van der Waals surface area contributed by atoms with Gasteiger partial charge in [0.25, 0.3) is 5.91 Å². The van der Waals surface area contributed by atoms with Gasteiger partial charge < -0.3 is 15.4 Å². The zero-order valence-corrected chi connectivity index (χ0v) is 10.7. The lowest BCUT2D eigenvalue weighted by Gasteiger charge is -2.12. The van der Waals surface area contributed by atoms with E-state index < -0.39 is 7.12 Å². The molecule has 6 heteroatoms. The molecule has 0 unspecified atom stereocenters. The maximum atomic E-state index is 11.9. The third-order valence-corrected chi connectivity index (χ3v) is 3.56. The second kappa shape index (κ2) is 5.74. The Labute approximate surface area is 111 Å². The van der Waals surface area contributed by atoms with Crippen LogP contribution in [0.15, 0.2) is 18.2 Å². The Hall–Kier alpha value is -1.04. The molecule has 1 aliphatic rings. The van der Waals surface area contributed by atoms with Crippen molar-refractivity contribution in [3.63, 3.8) is 0 Å². The van der Waals surface area contributed by atoms with Crippen molar-refractivity contribution in [3.8, 4) is 0 Å². The number of hydrogen-bond acceptors (Lipinski definition) is 3. The highest BCUT2D eigenvalue weighted by Crippen LogP contribution is 2.18. The molecule has 96 valence electrons. The van der Waals surface area contributed by atoms with Gasteiger partial charge >= 0.3 is 7.12 Å². The molecule has 3 N–H and O–H groups in total. The van der Waals surface area contributed by atoms with Crippen molar-refractivity contribution >= 4 is 30.1 Å². The Morgan fingerprint density at radius 1 is 1.33 bits per heavy atom. The molecule has 0 radical (unpaired) electrons. The fourth-order valence-corrected chi connectivity index (χ4v) is 2.49. The maximum absolute atomic E-state index is 11.9. The Bertz CT molecular complexity index is 447. The van der Waals surface area contributed by atoms with Gasteiger partial charge in [0.2, 0.25) is 0 Å². The third-order valence-electron chi connectivity index (χ3n) is 3.23. The summed E-state index contributed by atoms with van der Waals surface area (Å²) in [5.74, 6) is -0.164. The molecule has 1 fully saturated rings. The van der Waals surface area contributed by atoms with Crippen molar-refractivity contribution in [3.05, 3.63) is 28.8 Å². The number of benzene rings is 1. The molecule has 1 aromatic rings. The first-order chi connectivity index (χ1) is 8.58. The molecule has 1 aliphatic carbocycles. The van der Waals surface area contributed by atoms with Crippen LogP contribution < -0.4 is 10.8 Å². The molecule has 0 spiro atoms. The van der Waals surface area contributed by atoms with Crippen molar-refractivity contribution in [2.45, 2.75) is 31.7 Å². The molecule has 18 heavy (non-hydrogen) atoms. The monoisotopic (exact) mass is 267 g/mol. The Morgan fingerprint density at radius 2 is 2.00 bits per heavy atom. The Balaban J connectivity index is 2.08. The number of nitrogens with one attached hydrogen (secondary N) is 1. The molecule has 0 bridgehead atoms. The molecule has 0 saturated heterocycles. The van der Waals surface area contributed by atoms with Crippen LogP contribution in [0, 0.1) is 0 Å². The molecular weight excluding hydrogens is 252 g/mol. The normalized spacial score (nSPS) is 15.7. The first-order valence-corrected chi connectivity index (χ1v) is 6.42. The van der Waals surface area contributed by atoms with E-state index in [1.807, 2.05) is 0 Å². The molecule has 0 aliphatic heterocycles. The van der Waals surface area contributed by atoms with Crippen LogP contribution >= 0.6 is 11.6 Å². The fraction of sp³-hybridized carbons (Fsp3) is 0.417. The van der Waals surface area contributed by atoms with Crippen molar-refractivity contribution in [2.75, 3.05) is 0 Å². The molecule has 4 nitrogen and oxygen atoms in total. The second-order valence-corrected chi connectivity index (χ2v) is 4.97. The SMILES string of the molecule is O=C(NC1CCCC1)c1ccc(B(O)O)c(Cl)c1. The van der Waals surface area contributed by atoms with Gasteiger partial charge in [-0.15, -0.1) is 0 Å². The van der Waals surface area contributed by atoms with E-state index >= 15 is 0 Å². The van der Waals surface area contributed by atoms with E-state index in [0.29, 0.717) is 5.56 Å². The average Bonchev–Trinajstić information content (AvgIpc) is 2.81. The van der Waals surface area contributed by atoms with Crippen LogP contribution in [0.25, 0.3) is 0 Å². The second-order valence-electron chi connectivity index (χ2n) is 4.56. The van der Waals surface area contributed by atoms with Crippen molar-refractivity contribution in [1.29, 1.82) is 0 Å². The summed E-state index contributed by atoms with van der Waals surface area (Å²) in [6.45, 7) is 0. The molecular formula is C12H15BClNO3. The number of carbonyl (C=O) groups is 1. The maximum Gasteiger partial charge on any atom is 0.489 e. The molecule has 0 atom stereocenters. The van der Waals surface area contributed by atoms with E-state index in [1.165, 1.54) is 12.1 Å². The minimum atomic E-state index is -1.62. The predicted molar refractivity (Wildman–Crippen MR) is 71.0 cm³/mol. The summed E-state index contributed by atoms with van der Waals surface area (Å²) in [5.41, 5.74) is 0.644. The van der Waals surface area contributed by atoms with Gasteiger partial charge in [-0.2, -0.15) is 0 Å². The molecule has 1 amide bonds. The Morgan fingerprint density at radius 3 is 2.56 bits per heavy atom. The minimum absolute atomic E-state index is 0.164. The van der Waals surface area contributed by atoms with Crippen LogP contribution in [-0.4, -0.2) is 29.1 Å². The van der Waals surface area contributed by atoms with E-state index in [-0.39, 0.29) is 22.4 Å². The smallest absolute Gasteiger partial charge is 0.423 e. The van der Waals surface area contributed by atoms with E-state index in [9.17, 15) is 4.79 Å². The van der Waals surface area contributed by atoms with Crippen LogP contribution in [0.4, 0.5) is 0 Å². The van der Waals surface area contributed by atoms with Gasteiger partial charge in [0, 0.05) is 22.1 Å². The van der Waals surface area contributed by atoms with Crippen LogP contribution in [0.3, 0.4) is 0 Å². The lowest BCUT2D eigenvalue weighted by Crippen LogP contribution is -2.34. The lowest BCUT2D eigenvalue weighted by atomic mass is 9.80.